The molecular formula is C10H9F4NO3. The topological polar surface area (TPSA) is 38.8 Å². The summed E-state index contributed by atoms with van der Waals surface area (Å²) < 4.78 is 52.3. The summed E-state index contributed by atoms with van der Waals surface area (Å²) in [5, 5.41) is 0.805. The molecule has 0 saturated heterocycles. The van der Waals surface area contributed by atoms with Crippen LogP contribution in [0, 0.1) is 5.82 Å². The largest absolute Gasteiger partial charge is 0.573 e. The smallest absolute Gasteiger partial charge is 0.403 e. The summed E-state index contributed by atoms with van der Waals surface area (Å²) in [7, 11) is 2.50. The van der Waals surface area contributed by atoms with Crippen LogP contribution in [0.3, 0.4) is 0 Å². The Kier molecular flexibility index (Phi) is 4.12. The van der Waals surface area contributed by atoms with Gasteiger partial charge in [0.2, 0.25) is 0 Å². The molecule has 0 saturated carbocycles. The molecule has 0 bridgehead atoms. The maximum atomic E-state index is 13.3. The minimum absolute atomic E-state index is 0.161. The summed E-state index contributed by atoms with van der Waals surface area (Å²) in [5.74, 6) is -2.99. The maximum absolute atomic E-state index is 13.3. The zero-order valence-electron chi connectivity index (χ0n) is 9.42. The van der Waals surface area contributed by atoms with Gasteiger partial charge in [-0.3, -0.25) is 9.63 Å². The lowest BCUT2D eigenvalue weighted by Crippen LogP contribution is -2.25. The van der Waals surface area contributed by atoms with Crippen molar-refractivity contribution in [2.45, 2.75) is 6.36 Å². The van der Waals surface area contributed by atoms with Crippen LogP contribution in [-0.4, -0.2) is 31.5 Å². The van der Waals surface area contributed by atoms with E-state index < -0.39 is 23.8 Å². The van der Waals surface area contributed by atoms with E-state index in [2.05, 4.69) is 9.57 Å². The second kappa shape index (κ2) is 5.21. The highest BCUT2D eigenvalue weighted by atomic mass is 19.4. The molecule has 8 heteroatoms. The Morgan fingerprint density at radius 2 is 1.94 bits per heavy atom. The number of hydroxylamine groups is 2. The molecule has 0 unspecified atom stereocenters. The van der Waals surface area contributed by atoms with Gasteiger partial charge in [0.25, 0.3) is 5.91 Å². The van der Waals surface area contributed by atoms with E-state index in [1.165, 1.54) is 14.2 Å². The summed E-state index contributed by atoms with van der Waals surface area (Å²) in [5.41, 5.74) is -0.161. The number of ether oxygens (including phenoxy) is 1. The first-order valence-electron chi connectivity index (χ1n) is 4.62. The molecule has 0 aliphatic heterocycles. The SMILES string of the molecule is CON(C)C(=O)c1ccc(OC(F)(F)F)c(F)c1. The van der Waals surface area contributed by atoms with Gasteiger partial charge in [0.15, 0.2) is 11.6 Å². The number of halogens is 4. The van der Waals surface area contributed by atoms with Gasteiger partial charge in [0.05, 0.1) is 7.11 Å². The lowest BCUT2D eigenvalue weighted by molar-refractivity contribution is -0.275. The van der Waals surface area contributed by atoms with Crippen molar-refractivity contribution in [1.29, 1.82) is 0 Å². The number of amides is 1. The third-order valence-corrected chi connectivity index (χ3v) is 1.96. The van der Waals surface area contributed by atoms with E-state index >= 15 is 0 Å². The molecule has 0 atom stereocenters. The van der Waals surface area contributed by atoms with E-state index in [1.807, 2.05) is 0 Å². The van der Waals surface area contributed by atoms with E-state index in [0.717, 1.165) is 17.2 Å². The number of carbonyl (C=O) groups is 1. The van der Waals surface area contributed by atoms with Gasteiger partial charge >= 0.3 is 6.36 Å². The third-order valence-electron chi connectivity index (χ3n) is 1.96. The number of rotatable bonds is 3. The van der Waals surface area contributed by atoms with E-state index in [-0.39, 0.29) is 5.56 Å². The van der Waals surface area contributed by atoms with Crippen LogP contribution in [0.5, 0.6) is 5.75 Å². The maximum Gasteiger partial charge on any atom is 0.573 e. The summed E-state index contributed by atoms with van der Waals surface area (Å²) in [4.78, 5) is 16.1. The molecular weight excluding hydrogens is 258 g/mol. The zero-order chi connectivity index (χ0) is 13.9. The highest BCUT2D eigenvalue weighted by molar-refractivity contribution is 5.93. The zero-order valence-corrected chi connectivity index (χ0v) is 9.42. The highest BCUT2D eigenvalue weighted by Crippen LogP contribution is 2.26. The monoisotopic (exact) mass is 267 g/mol. The van der Waals surface area contributed by atoms with E-state index in [0.29, 0.717) is 6.07 Å². The summed E-state index contributed by atoms with van der Waals surface area (Å²) >= 11 is 0. The first-order chi connectivity index (χ1) is 8.24. The van der Waals surface area contributed by atoms with Crippen molar-refractivity contribution in [2.75, 3.05) is 14.2 Å². The van der Waals surface area contributed by atoms with Crippen molar-refractivity contribution < 1.29 is 31.9 Å². The fraction of sp³-hybridized carbons (Fsp3) is 0.300. The average Bonchev–Trinajstić information content (AvgIpc) is 2.28. The Morgan fingerprint density at radius 3 is 2.39 bits per heavy atom. The number of benzene rings is 1. The van der Waals surface area contributed by atoms with Gasteiger partial charge < -0.3 is 4.74 Å². The predicted molar refractivity (Wildman–Crippen MR) is 52.2 cm³/mol. The number of hydrogen-bond acceptors (Lipinski definition) is 3. The predicted octanol–water partition coefficient (Wildman–Crippen LogP) is 2.36. The molecule has 0 aliphatic carbocycles. The van der Waals surface area contributed by atoms with Gasteiger partial charge in [-0.05, 0) is 18.2 Å². The Bertz CT molecular complexity index is 447. The number of carbonyl (C=O) groups excluding carboxylic acids is 1. The van der Waals surface area contributed by atoms with Gasteiger partial charge in [-0.2, -0.15) is 0 Å². The molecule has 0 spiro atoms. The molecule has 4 nitrogen and oxygen atoms in total. The van der Waals surface area contributed by atoms with Crippen molar-refractivity contribution in [2.24, 2.45) is 0 Å². The number of hydrogen-bond donors (Lipinski definition) is 0. The van der Waals surface area contributed by atoms with Crippen LogP contribution in [0.15, 0.2) is 18.2 Å². The van der Waals surface area contributed by atoms with Crippen LogP contribution in [0.4, 0.5) is 17.6 Å². The second-order valence-electron chi connectivity index (χ2n) is 3.18. The molecule has 0 heterocycles. The molecule has 0 N–H and O–H groups in total. The molecule has 18 heavy (non-hydrogen) atoms. The van der Waals surface area contributed by atoms with Crippen LogP contribution in [0.1, 0.15) is 10.4 Å². The van der Waals surface area contributed by atoms with Crippen molar-refractivity contribution in [3.63, 3.8) is 0 Å². The number of nitrogens with zero attached hydrogens (tertiary/aromatic N) is 1. The van der Waals surface area contributed by atoms with Gasteiger partial charge in [-0.25, -0.2) is 9.45 Å². The van der Waals surface area contributed by atoms with Crippen LogP contribution >= 0.6 is 0 Å². The van der Waals surface area contributed by atoms with Crippen molar-refractivity contribution in [3.05, 3.63) is 29.6 Å². The van der Waals surface area contributed by atoms with E-state index in [4.69, 9.17) is 0 Å². The normalized spacial score (nSPS) is 11.2. The quantitative estimate of drug-likeness (QED) is 0.623. The van der Waals surface area contributed by atoms with Crippen LogP contribution in [0.2, 0.25) is 0 Å². The van der Waals surface area contributed by atoms with Crippen LogP contribution < -0.4 is 4.74 Å². The minimum atomic E-state index is -4.99. The minimum Gasteiger partial charge on any atom is -0.403 e. The second-order valence-corrected chi connectivity index (χ2v) is 3.18. The summed E-state index contributed by atoms with van der Waals surface area (Å²) in [6.07, 6.45) is -4.99. The molecule has 100 valence electrons. The first kappa shape index (κ1) is 14.2. The van der Waals surface area contributed by atoms with Crippen molar-refractivity contribution >= 4 is 5.91 Å². The first-order valence-corrected chi connectivity index (χ1v) is 4.62. The van der Waals surface area contributed by atoms with Gasteiger partial charge in [0.1, 0.15) is 0 Å². The highest BCUT2D eigenvalue weighted by Gasteiger charge is 2.32. The third kappa shape index (κ3) is 3.59. The molecule has 0 aliphatic rings. The van der Waals surface area contributed by atoms with Gasteiger partial charge in [0, 0.05) is 12.6 Å². The van der Waals surface area contributed by atoms with Gasteiger partial charge in [-0.15, -0.1) is 13.2 Å². The molecule has 0 aromatic heterocycles. The molecule has 0 radical (unpaired) electrons. The lowest BCUT2D eigenvalue weighted by atomic mass is 10.2. The summed E-state index contributed by atoms with van der Waals surface area (Å²) in [6, 6.07) is 2.36. The molecule has 0 fully saturated rings. The van der Waals surface area contributed by atoms with E-state index in [9.17, 15) is 22.4 Å². The fourth-order valence-electron chi connectivity index (χ4n) is 1.11. The van der Waals surface area contributed by atoms with E-state index in [1.54, 1.807) is 0 Å². The molecule has 1 aromatic rings. The lowest BCUT2D eigenvalue weighted by Gasteiger charge is -2.14. The van der Waals surface area contributed by atoms with Crippen LogP contribution in [0.25, 0.3) is 0 Å². The van der Waals surface area contributed by atoms with Crippen LogP contribution in [-0.2, 0) is 4.84 Å². The fourth-order valence-corrected chi connectivity index (χ4v) is 1.11. The Balaban J connectivity index is 2.96. The standard InChI is InChI=1S/C10H9F4NO3/c1-15(17-2)9(16)6-3-4-8(7(11)5-6)18-10(12,13)14/h3-5H,1-2H3. The van der Waals surface area contributed by atoms with Gasteiger partial charge in [-0.1, -0.05) is 0 Å². The average molecular weight is 267 g/mol. The molecule has 1 amide bonds. The Hall–Kier alpha value is -1.83. The van der Waals surface area contributed by atoms with Crippen molar-refractivity contribution in [3.8, 4) is 5.75 Å². The molecule has 1 aromatic carbocycles. The van der Waals surface area contributed by atoms with Crippen molar-refractivity contribution in [1.82, 2.24) is 5.06 Å². The molecule has 1 rings (SSSR count). The Morgan fingerprint density at radius 1 is 1.33 bits per heavy atom. The number of alkyl halides is 3. The summed E-state index contributed by atoms with van der Waals surface area (Å²) in [6.45, 7) is 0. The Labute approximate surface area is 99.7 Å².